The molecule has 2 fully saturated rings. The Bertz CT molecular complexity index is 1050. The second-order valence-electron chi connectivity index (χ2n) is 8.65. The topological polar surface area (TPSA) is 62.6 Å². The van der Waals surface area contributed by atoms with Crippen molar-refractivity contribution >= 4 is 15.8 Å². The highest BCUT2D eigenvalue weighted by Crippen LogP contribution is 2.33. The molecule has 1 aromatic carbocycles. The number of ketones is 1. The van der Waals surface area contributed by atoms with Crippen LogP contribution < -0.4 is 0 Å². The summed E-state index contributed by atoms with van der Waals surface area (Å²) in [6.45, 7) is 6.01. The Morgan fingerprint density at radius 2 is 1.65 bits per heavy atom. The summed E-state index contributed by atoms with van der Waals surface area (Å²) in [5.74, 6) is -0.373. The number of hydrogen-bond donors (Lipinski definition) is 0. The zero-order valence-corrected chi connectivity index (χ0v) is 19.0. The molecule has 0 bridgehead atoms. The monoisotopic (exact) mass is 447 g/mol. The van der Waals surface area contributed by atoms with Crippen LogP contribution in [0.15, 0.2) is 35.2 Å². The molecule has 6 nitrogen and oxygen atoms in total. The molecule has 2 heterocycles. The molecule has 4 rings (SSSR count). The summed E-state index contributed by atoms with van der Waals surface area (Å²) in [4.78, 5) is 15.1. The zero-order valence-electron chi connectivity index (χ0n) is 18.2. The number of hydrogen-bond acceptors (Lipinski definition) is 4. The van der Waals surface area contributed by atoms with Gasteiger partial charge in [0.05, 0.1) is 11.4 Å². The van der Waals surface area contributed by atoms with Crippen LogP contribution in [0.3, 0.4) is 0 Å². The van der Waals surface area contributed by atoms with Crippen LogP contribution in [0, 0.1) is 19.7 Å². The van der Waals surface area contributed by atoms with Crippen molar-refractivity contribution in [2.24, 2.45) is 0 Å². The van der Waals surface area contributed by atoms with Crippen molar-refractivity contribution in [1.29, 1.82) is 0 Å². The van der Waals surface area contributed by atoms with E-state index < -0.39 is 15.8 Å². The van der Waals surface area contributed by atoms with Crippen LogP contribution >= 0.6 is 0 Å². The SMILES string of the molecule is Cc1cc(C(=O)CN2CCN(S(=O)(=O)c3ccc(F)cc3)CC2)c(C)n1C1CCCC1. The smallest absolute Gasteiger partial charge is 0.243 e. The summed E-state index contributed by atoms with van der Waals surface area (Å²) in [5.41, 5.74) is 2.97. The minimum Gasteiger partial charge on any atom is -0.345 e. The van der Waals surface area contributed by atoms with Crippen molar-refractivity contribution < 1.29 is 17.6 Å². The van der Waals surface area contributed by atoms with Crippen molar-refractivity contribution in [3.8, 4) is 0 Å². The molecule has 2 aliphatic rings. The quantitative estimate of drug-likeness (QED) is 0.636. The van der Waals surface area contributed by atoms with Crippen molar-refractivity contribution in [1.82, 2.24) is 13.8 Å². The van der Waals surface area contributed by atoms with E-state index in [1.165, 1.54) is 42.1 Å². The number of rotatable bonds is 6. The molecule has 0 radical (unpaired) electrons. The number of sulfonamides is 1. The van der Waals surface area contributed by atoms with Crippen LogP contribution in [-0.2, 0) is 10.0 Å². The molecule has 31 heavy (non-hydrogen) atoms. The maximum Gasteiger partial charge on any atom is 0.243 e. The minimum absolute atomic E-state index is 0.0900. The summed E-state index contributed by atoms with van der Waals surface area (Å²) in [5, 5.41) is 0. The van der Waals surface area contributed by atoms with E-state index in [1.807, 2.05) is 17.9 Å². The van der Waals surface area contributed by atoms with Crippen LogP contribution in [0.2, 0.25) is 0 Å². The Hall–Kier alpha value is -2.03. The third-order valence-corrected chi connectivity index (χ3v) is 8.54. The lowest BCUT2D eigenvalue weighted by Gasteiger charge is -2.33. The first-order valence-corrected chi connectivity index (χ1v) is 12.4. The molecule has 1 saturated heterocycles. The van der Waals surface area contributed by atoms with Gasteiger partial charge in [-0.25, -0.2) is 12.8 Å². The average molecular weight is 448 g/mol. The van der Waals surface area contributed by atoms with Crippen molar-refractivity contribution in [2.75, 3.05) is 32.7 Å². The highest BCUT2D eigenvalue weighted by Gasteiger charge is 2.30. The fraction of sp³-hybridized carbons (Fsp3) is 0.522. The third-order valence-electron chi connectivity index (χ3n) is 6.62. The van der Waals surface area contributed by atoms with Gasteiger partial charge in [-0.3, -0.25) is 9.69 Å². The zero-order chi connectivity index (χ0) is 22.2. The predicted molar refractivity (Wildman–Crippen MR) is 117 cm³/mol. The number of carbonyl (C=O) groups is 1. The number of piperazine rings is 1. The number of halogens is 1. The Labute approximate surface area is 183 Å². The van der Waals surface area contributed by atoms with Gasteiger partial charge in [0, 0.05) is 49.2 Å². The van der Waals surface area contributed by atoms with Gasteiger partial charge < -0.3 is 4.57 Å². The number of aromatic nitrogens is 1. The van der Waals surface area contributed by atoms with Crippen LogP contribution in [0.4, 0.5) is 4.39 Å². The van der Waals surface area contributed by atoms with E-state index in [0.29, 0.717) is 38.8 Å². The fourth-order valence-corrected chi connectivity index (χ4v) is 6.38. The summed E-state index contributed by atoms with van der Waals surface area (Å²) in [6.07, 6.45) is 4.84. The van der Waals surface area contributed by atoms with Gasteiger partial charge in [-0.2, -0.15) is 4.31 Å². The Morgan fingerprint density at radius 3 is 2.26 bits per heavy atom. The number of Topliss-reactive ketones (excluding diaryl/α,β-unsaturated/α-hetero) is 1. The summed E-state index contributed by atoms with van der Waals surface area (Å²) in [6, 6.07) is 7.40. The minimum atomic E-state index is -3.65. The molecule has 0 atom stereocenters. The van der Waals surface area contributed by atoms with Crippen LogP contribution in [0.25, 0.3) is 0 Å². The first kappa shape index (κ1) is 22.2. The van der Waals surface area contributed by atoms with Gasteiger partial charge in [-0.1, -0.05) is 12.8 Å². The van der Waals surface area contributed by atoms with Gasteiger partial charge >= 0.3 is 0 Å². The molecule has 0 unspecified atom stereocenters. The Balaban J connectivity index is 1.38. The molecule has 0 amide bonds. The lowest BCUT2D eigenvalue weighted by Crippen LogP contribution is -2.49. The van der Waals surface area contributed by atoms with E-state index in [0.717, 1.165) is 29.1 Å². The molecule has 2 aromatic rings. The van der Waals surface area contributed by atoms with Gasteiger partial charge in [0.2, 0.25) is 10.0 Å². The second kappa shape index (κ2) is 8.84. The first-order chi connectivity index (χ1) is 14.8. The van der Waals surface area contributed by atoms with Gasteiger partial charge in [-0.15, -0.1) is 0 Å². The van der Waals surface area contributed by atoms with Gasteiger partial charge in [-0.05, 0) is 57.0 Å². The van der Waals surface area contributed by atoms with Crippen molar-refractivity contribution in [3.05, 3.63) is 53.1 Å². The highest BCUT2D eigenvalue weighted by molar-refractivity contribution is 7.89. The molecular formula is C23H30FN3O3S. The van der Waals surface area contributed by atoms with Crippen LogP contribution in [0.1, 0.15) is 53.5 Å². The van der Waals surface area contributed by atoms with Gasteiger partial charge in [0.25, 0.3) is 0 Å². The van der Waals surface area contributed by atoms with E-state index >= 15 is 0 Å². The lowest BCUT2D eigenvalue weighted by atomic mass is 10.1. The standard InChI is InChI=1S/C23H30FN3O3S/c1-17-15-22(18(2)27(17)20-5-3-4-6-20)23(28)16-25-11-13-26(14-12-25)31(29,30)21-9-7-19(24)8-10-21/h7-10,15,20H,3-6,11-14,16H2,1-2H3. The van der Waals surface area contributed by atoms with Crippen LogP contribution in [0.5, 0.6) is 0 Å². The van der Waals surface area contributed by atoms with Crippen molar-refractivity contribution in [3.63, 3.8) is 0 Å². The van der Waals surface area contributed by atoms with Gasteiger partial charge in [0.15, 0.2) is 5.78 Å². The molecule has 0 spiro atoms. The van der Waals surface area contributed by atoms with E-state index in [1.54, 1.807) is 0 Å². The van der Waals surface area contributed by atoms with E-state index in [-0.39, 0.29) is 10.7 Å². The molecule has 0 N–H and O–H groups in total. The van der Waals surface area contributed by atoms with E-state index in [4.69, 9.17) is 0 Å². The maximum atomic E-state index is 13.1. The normalized spacial score (nSPS) is 19.2. The third kappa shape index (κ3) is 4.47. The summed E-state index contributed by atoms with van der Waals surface area (Å²) < 4.78 is 42.4. The molecule has 1 aliphatic heterocycles. The van der Waals surface area contributed by atoms with E-state index in [9.17, 15) is 17.6 Å². The molecule has 1 aromatic heterocycles. The first-order valence-electron chi connectivity index (χ1n) is 11.0. The highest BCUT2D eigenvalue weighted by atomic mass is 32.2. The van der Waals surface area contributed by atoms with Gasteiger partial charge in [0.1, 0.15) is 5.82 Å². The Morgan fingerprint density at radius 1 is 1.03 bits per heavy atom. The fourth-order valence-electron chi connectivity index (χ4n) is 4.96. The van der Waals surface area contributed by atoms with Crippen LogP contribution in [-0.4, -0.2) is 60.7 Å². The second-order valence-corrected chi connectivity index (χ2v) is 10.6. The maximum absolute atomic E-state index is 13.1. The number of benzene rings is 1. The molecule has 1 saturated carbocycles. The number of carbonyl (C=O) groups excluding carboxylic acids is 1. The predicted octanol–water partition coefficient (Wildman–Crippen LogP) is 3.55. The molecule has 8 heteroatoms. The molecule has 168 valence electrons. The largest absolute Gasteiger partial charge is 0.345 e. The average Bonchev–Trinajstić information content (AvgIpc) is 3.36. The summed E-state index contributed by atoms with van der Waals surface area (Å²) in [7, 11) is -3.65. The molecule has 1 aliphatic carbocycles. The summed E-state index contributed by atoms with van der Waals surface area (Å²) >= 11 is 0. The lowest BCUT2D eigenvalue weighted by molar-refractivity contribution is 0.0901. The number of aryl methyl sites for hydroxylation is 1. The number of nitrogens with zero attached hydrogens (tertiary/aromatic N) is 3. The Kier molecular flexibility index (Phi) is 6.32. The van der Waals surface area contributed by atoms with E-state index in [2.05, 4.69) is 11.5 Å². The van der Waals surface area contributed by atoms with Crippen molar-refractivity contribution in [2.45, 2.75) is 50.5 Å². The molecular weight excluding hydrogens is 417 g/mol.